The number of piperidine rings is 1. The van der Waals surface area contributed by atoms with Crippen LogP contribution >= 0.6 is 0 Å². The summed E-state index contributed by atoms with van der Waals surface area (Å²) < 4.78 is 0. The van der Waals surface area contributed by atoms with Gasteiger partial charge in [0.05, 0.1) is 11.0 Å². The fourth-order valence-corrected chi connectivity index (χ4v) is 3.02. The van der Waals surface area contributed by atoms with Gasteiger partial charge < -0.3 is 10.7 Å². The normalized spacial score (nSPS) is 19.0. The van der Waals surface area contributed by atoms with Crippen LogP contribution in [0, 0.1) is 5.92 Å². The first-order chi connectivity index (χ1) is 10.1. The summed E-state index contributed by atoms with van der Waals surface area (Å²) in [6.45, 7) is 4.67. The zero-order valence-electron chi connectivity index (χ0n) is 12.4. The summed E-state index contributed by atoms with van der Waals surface area (Å²) in [4.78, 5) is 21.8. The number of H-pyrrole nitrogens is 1. The second-order valence-corrected chi connectivity index (χ2v) is 6.00. The van der Waals surface area contributed by atoms with E-state index in [1.165, 1.54) is 0 Å². The van der Waals surface area contributed by atoms with E-state index in [1.807, 2.05) is 24.3 Å². The maximum atomic E-state index is 12.1. The molecule has 0 bridgehead atoms. The quantitative estimate of drug-likeness (QED) is 0.896. The molecular formula is C16H22N4O. The van der Waals surface area contributed by atoms with Gasteiger partial charge in [-0.3, -0.25) is 9.69 Å². The number of hydrogen-bond donors (Lipinski definition) is 2. The van der Waals surface area contributed by atoms with Crippen molar-refractivity contribution in [2.75, 3.05) is 13.1 Å². The van der Waals surface area contributed by atoms with E-state index in [0.29, 0.717) is 18.2 Å². The summed E-state index contributed by atoms with van der Waals surface area (Å²) >= 11 is 0. The van der Waals surface area contributed by atoms with Gasteiger partial charge in [-0.15, -0.1) is 0 Å². The number of likely N-dealkylation sites (tertiary alicyclic amines) is 1. The van der Waals surface area contributed by atoms with Gasteiger partial charge in [0.2, 0.25) is 0 Å². The Balaban J connectivity index is 1.74. The maximum absolute atomic E-state index is 12.1. The van der Waals surface area contributed by atoms with Gasteiger partial charge in [0, 0.05) is 12.6 Å². The van der Waals surface area contributed by atoms with Crippen LogP contribution in [0.2, 0.25) is 0 Å². The van der Waals surface area contributed by atoms with Crippen LogP contribution in [0.1, 0.15) is 25.5 Å². The molecule has 1 atom stereocenters. The molecule has 0 spiro atoms. The third-order valence-electron chi connectivity index (χ3n) is 4.42. The van der Waals surface area contributed by atoms with Gasteiger partial charge in [-0.25, -0.2) is 4.98 Å². The number of nitrogens with zero attached hydrogens (tertiary/aromatic N) is 2. The van der Waals surface area contributed by atoms with Crippen molar-refractivity contribution in [2.45, 2.75) is 32.4 Å². The average molecular weight is 286 g/mol. The van der Waals surface area contributed by atoms with Crippen LogP contribution in [-0.4, -0.2) is 34.0 Å². The van der Waals surface area contributed by atoms with E-state index in [0.717, 1.165) is 37.0 Å². The van der Waals surface area contributed by atoms with Gasteiger partial charge in [-0.05, 0) is 50.9 Å². The first kappa shape index (κ1) is 14.2. The molecular weight excluding hydrogens is 264 g/mol. The van der Waals surface area contributed by atoms with Crippen molar-refractivity contribution in [2.24, 2.45) is 11.7 Å². The van der Waals surface area contributed by atoms with Crippen LogP contribution in [0.4, 0.5) is 0 Å². The van der Waals surface area contributed by atoms with Crippen LogP contribution in [0.25, 0.3) is 11.0 Å². The van der Waals surface area contributed by atoms with Crippen molar-refractivity contribution >= 4 is 11.0 Å². The second kappa shape index (κ2) is 5.95. The van der Waals surface area contributed by atoms with E-state index in [1.54, 1.807) is 0 Å². The number of benzene rings is 1. The van der Waals surface area contributed by atoms with Crippen LogP contribution in [0.15, 0.2) is 29.1 Å². The summed E-state index contributed by atoms with van der Waals surface area (Å²) in [6.07, 6.45) is 2.20. The molecule has 1 aliphatic rings. The molecule has 0 saturated carbocycles. The fourth-order valence-electron chi connectivity index (χ4n) is 3.02. The summed E-state index contributed by atoms with van der Waals surface area (Å²) in [5, 5.41) is 0. The Bertz CT molecular complexity index is 671. The van der Waals surface area contributed by atoms with E-state index in [4.69, 9.17) is 5.73 Å². The van der Waals surface area contributed by atoms with E-state index in [2.05, 4.69) is 21.8 Å². The highest BCUT2D eigenvalue weighted by molar-refractivity contribution is 5.73. The Morgan fingerprint density at radius 1 is 1.38 bits per heavy atom. The maximum Gasteiger partial charge on any atom is 0.271 e. The van der Waals surface area contributed by atoms with E-state index in [-0.39, 0.29) is 11.6 Å². The zero-order valence-corrected chi connectivity index (χ0v) is 12.4. The predicted molar refractivity (Wildman–Crippen MR) is 84.0 cm³/mol. The molecule has 1 aromatic heterocycles. The highest BCUT2D eigenvalue weighted by Crippen LogP contribution is 2.20. The lowest BCUT2D eigenvalue weighted by Crippen LogP contribution is -2.40. The number of fused-ring (bicyclic) bond motifs is 1. The number of aromatic amines is 1. The molecule has 0 radical (unpaired) electrons. The Labute approximate surface area is 124 Å². The Kier molecular flexibility index (Phi) is 4.03. The molecule has 0 amide bonds. The van der Waals surface area contributed by atoms with Crippen LogP contribution in [0.5, 0.6) is 0 Å². The molecule has 1 fully saturated rings. The lowest BCUT2D eigenvalue weighted by molar-refractivity contribution is 0.164. The largest absolute Gasteiger partial charge is 0.328 e. The van der Waals surface area contributed by atoms with Gasteiger partial charge in [0.1, 0.15) is 5.69 Å². The van der Waals surface area contributed by atoms with E-state index < -0.39 is 0 Å². The lowest BCUT2D eigenvalue weighted by Gasteiger charge is -2.33. The molecule has 2 aromatic rings. The molecule has 5 heteroatoms. The van der Waals surface area contributed by atoms with Crippen molar-refractivity contribution < 1.29 is 0 Å². The molecule has 3 rings (SSSR count). The van der Waals surface area contributed by atoms with E-state index in [9.17, 15) is 4.79 Å². The van der Waals surface area contributed by atoms with Crippen molar-refractivity contribution in [1.82, 2.24) is 14.9 Å². The highest BCUT2D eigenvalue weighted by Gasteiger charge is 2.22. The van der Waals surface area contributed by atoms with Crippen LogP contribution < -0.4 is 11.3 Å². The van der Waals surface area contributed by atoms with Crippen LogP contribution in [0.3, 0.4) is 0 Å². The van der Waals surface area contributed by atoms with Crippen molar-refractivity contribution in [1.29, 1.82) is 0 Å². The minimum absolute atomic E-state index is 0.0805. The molecule has 1 saturated heterocycles. The summed E-state index contributed by atoms with van der Waals surface area (Å²) in [5.41, 5.74) is 8.13. The van der Waals surface area contributed by atoms with Crippen molar-refractivity contribution in [3.63, 3.8) is 0 Å². The first-order valence-corrected chi connectivity index (χ1v) is 7.59. The summed E-state index contributed by atoms with van der Waals surface area (Å²) in [7, 11) is 0. The van der Waals surface area contributed by atoms with Gasteiger partial charge >= 0.3 is 0 Å². The number of aromatic nitrogens is 2. The SMILES string of the molecule is CC(N)C1CCN(Cc2nc3ccccc3[nH]c2=O)CC1. The van der Waals surface area contributed by atoms with Crippen molar-refractivity contribution in [3.05, 3.63) is 40.3 Å². The Morgan fingerprint density at radius 2 is 2.10 bits per heavy atom. The zero-order chi connectivity index (χ0) is 14.8. The Morgan fingerprint density at radius 3 is 2.81 bits per heavy atom. The summed E-state index contributed by atoms with van der Waals surface area (Å²) in [5.74, 6) is 0.601. The Hall–Kier alpha value is -1.72. The fraction of sp³-hybridized carbons (Fsp3) is 0.500. The molecule has 5 nitrogen and oxygen atoms in total. The molecule has 2 heterocycles. The minimum atomic E-state index is -0.0805. The van der Waals surface area contributed by atoms with Gasteiger partial charge in [-0.1, -0.05) is 12.1 Å². The topological polar surface area (TPSA) is 75.0 Å². The molecule has 3 N–H and O–H groups in total. The smallest absolute Gasteiger partial charge is 0.271 e. The molecule has 1 aromatic carbocycles. The minimum Gasteiger partial charge on any atom is -0.328 e. The first-order valence-electron chi connectivity index (χ1n) is 7.59. The number of nitrogens with two attached hydrogens (primary N) is 1. The number of rotatable bonds is 3. The van der Waals surface area contributed by atoms with Gasteiger partial charge in [0.25, 0.3) is 5.56 Å². The average Bonchev–Trinajstić information content (AvgIpc) is 2.48. The van der Waals surface area contributed by atoms with Gasteiger partial charge in [0.15, 0.2) is 0 Å². The van der Waals surface area contributed by atoms with Crippen LogP contribution in [-0.2, 0) is 6.54 Å². The molecule has 1 aliphatic heterocycles. The highest BCUT2D eigenvalue weighted by atomic mass is 16.1. The molecule has 0 aliphatic carbocycles. The third kappa shape index (κ3) is 3.14. The molecule has 112 valence electrons. The number of nitrogens with one attached hydrogen (secondary N) is 1. The lowest BCUT2D eigenvalue weighted by atomic mass is 9.91. The third-order valence-corrected chi connectivity index (χ3v) is 4.42. The second-order valence-electron chi connectivity index (χ2n) is 6.00. The van der Waals surface area contributed by atoms with Gasteiger partial charge in [-0.2, -0.15) is 0 Å². The standard InChI is InChI=1S/C16H22N4O/c1-11(17)12-6-8-20(9-7-12)10-15-16(21)19-14-5-3-2-4-13(14)18-15/h2-5,11-12H,6-10,17H2,1H3,(H,19,21). The monoisotopic (exact) mass is 286 g/mol. The van der Waals surface area contributed by atoms with Crippen molar-refractivity contribution in [3.8, 4) is 0 Å². The summed E-state index contributed by atoms with van der Waals surface area (Å²) in [6, 6.07) is 7.90. The number of para-hydroxylation sites is 2. The predicted octanol–water partition coefficient (Wildman–Crippen LogP) is 1.48. The molecule has 1 unspecified atom stereocenters. The number of hydrogen-bond acceptors (Lipinski definition) is 4. The molecule has 21 heavy (non-hydrogen) atoms. The van der Waals surface area contributed by atoms with E-state index >= 15 is 0 Å².